The first-order valence-electron chi connectivity index (χ1n) is 4.47. The molecule has 0 bridgehead atoms. The van der Waals surface area contributed by atoms with Crippen molar-refractivity contribution in [2.75, 3.05) is 4.31 Å². The van der Waals surface area contributed by atoms with Crippen molar-refractivity contribution in [3.63, 3.8) is 0 Å². The Morgan fingerprint density at radius 2 is 1.94 bits per heavy atom. The van der Waals surface area contributed by atoms with Gasteiger partial charge in [-0.25, -0.2) is 4.98 Å². The number of para-hydroxylation sites is 1. The summed E-state index contributed by atoms with van der Waals surface area (Å²) in [5.74, 6) is -0.228. The van der Waals surface area contributed by atoms with Crippen molar-refractivity contribution in [3.8, 4) is 0 Å². The average molecular weight is 251 g/mol. The smallest absolute Gasteiger partial charge is 0.269 e. The zero-order valence-corrected chi connectivity index (χ0v) is 9.24. The third-order valence-corrected chi connectivity index (χ3v) is 2.68. The molecule has 0 aliphatic rings. The fourth-order valence-corrected chi connectivity index (χ4v) is 1.90. The topological polar surface area (TPSA) is 96.3 Å². The summed E-state index contributed by atoms with van der Waals surface area (Å²) in [6, 6.07) is 7.96. The summed E-state index contributed by atoms with van der Waals surface area (Å²) in [6.45, 7) is 0. The van der Waals surface area contributed by atoms with Gasteiger partial charge in [-0.15, -0.1) is 0 Å². The van der Waals surface area contributed by atoms with Gasteiger partial charge in [-0.05, 0) is 12.1 Å². The summed E-state index contributed by atoms with van der Waals surface area (Å²) >= 11 is 0. The molecule has 17 heavy (non-hydrogen) atoms. The van der Waals surface area contributed by atoms with Crippen molar-refractivity contribution < 1.29 is 13.0 Å². The Morgan fingerprint density at radius 3 is 2.47 bits per heavy atom. The van der Waals surface area contributed by atoms with Crippen molar-refractivity contribution in [1.82, 2.24) is 15.0 Å². The van der Waals surface area contributed by atoms with Crippen molar-refractivity contribution in [2.24, 2.45) is 0 Å². The van der Waals surface area contributed by atoms with Crippen LogP contribution in [0.4, 0.5) is 11.6 Å². The van der Waals surface area contributed by atoms with Crippen molar-refractivity contribution in [2.45, 2.75) is 0 Å². The predicted octanol–water partition coefficient (Wildman–Crippen LogP) is 0.613. The molecule has 2 rings (SSSR count). The van der Waals surface area contributed by atoms with Crippen LogP contribution < -0.4 is 4.31 Å². The van der Waals surface area contributed by atoms with Crippen LogP contribution in [0.15, 0.2) is 36.7 Å². The van der Waals surface area contributed by atoms with Crippen LogP contribution in [-0.4, -0.2) is 27.9 Å². The molecule has 87 valence electrons. The third kappa shape index (κ3) is 2.55. The van der Waals surface area contributed by atoms with Crippen LogP contribution in [0.5, 0.6) is 0 Å². The summed E-state index contributed by atoms with van der Waals surface area (Å²) in [5.41, 5.74) is 0.217. The van der Waals surface area contributed by atoms with Gasteiger partial charge in [0.1, 0.15) is 6.33 Å². The lowest BCUT2D eigenvalue weighted by Crippen LogP contribution is -2.27. The molecular formula is C9H7N4O3S. The molecule has 0 aliphatic heterocycles. The molecule has 8 heteroatoms. The largest absolute Gasteiger partial charge is 0.366 e. The van der Waals surface area contributed by atoms with Crippen LogP contribution in [0.1, 0.15) is 0 Å². The van der Waals surface area contributed by atoms with E-state index < -0.39 is 10.3 Å². The Labute approximate surface area is 97.7 Å². The van der Waals surface area contributed by atoms with Gasteiger partial charge in [-0.1, -0.05) is 18.2 Å². The lowest BCUT2D eigenvalue weighted by molar-refractivity contribution is 0.482. The zero-order valence-electron chi connectivity index (χ0n) is 8.42. The Kier molecular flexibility index (Phi) is 2.98. The van der Waals surface area contributed by atoms with E-state index in [1.807, 2.05) is 0 Å². The van der Waals surface area contributed by atoms with Gasteiger partial charge in [0.15, 0.2) is 0 Å². The van der Waals surface area contributed by atoms with Crippen molar-refractivity contribution in [1.29, 1.82) is 0 Å². The number of aromatic nitrogens is 3. The second-order valence-electron chi connectivity index (χ2n) is 2.96. The van der Waals surface area contributed by atoms with Crippen LogP contribution in [0.3, 0.4) is 0 Å². The molecule has 2 aromatic rings. The van der Waals surface area contributed by atoms with Gasteiger partial charge in [-0.2, -0.15) is 22.7 Å². The highest BCUT2D eigenvalue weighted by molar-refractivity contribution is 7.87. The first-order chi connectivity index (χ1) is 8.09. The minimum atomic E-state index is -4.51. The molecule has 1 aromatic heterocycles. The Hall–Kier alpha value is -2.06. The molecule has 0 saturated heterocycles. The maximum Gasteiger partial charge on any atom is 0.366 e. The Balaban J connectivity index is 2.56. The molecule has 1 N–H and O–H groups in total. The number of rotatable bonds is 3. The number of nitrogens with zero attached hydrogens (tertiary/aromatic N) is 4. The van der Waals surface area contributed by atoms with Crippen LogP contribution >= 0.6 is 0 Å². The van der Waals surface area contributed by atoms with E-state index in [4.69, 9.17) is 4.55 Å². The van der Waals surface area contributed by atoms with Gasteiger partial charge in [0, 0.05) is 0 Å². The van der Waals surface area contributed by atoms with Gasteiger partial charge in [0.25, 0.3) is 0 Å². The fourth-order valence-electron chi connectivity index (χ4n) is 1.22. The van der Waals surface area contributed by atoms with Crippen molar-refractivity contribution >= 4 is 21.9 Å². The molecule has 0 spiro atoms. The Bertz CT molecular complexity index is 549. The predicted molar refractivity (Wildman–Crippen MR) is 58.8 cm³/mol. The molecule has 1 radical (unpaired) electrons. The lowest BCUT2D eigenvalue weighted by Gasteiger charge is -2.17. The van der Waals surface area contributed by atoms with Gasteiger partial charge in [0.2, 0.25) is 12.3 Å². The van der Waals surface area contributed by atoms with E-state index in [1.165, 1.54) is 12.1 Å². The quantitative estimate of drug-likeness (QED) is 0.803. The molecule has 0 saturated carbocycles. The SMILES string of the molecule is O=S(=O)(O)N(c1ccccc1)c1n[c]ncn1. The molecule has 1 heterocycles. The van der Waals surface area contributed by atoms with Crippen LogP contribution in [0.2, 0.25) is 0 Å². The van der Waals surface area contributed by atoms with Gasteiger partial charge < -0.3 is 0 Å². The van der Waals surface area contributed by atoms with E-state index in [0.717, 1.165) is 6.33 Å². The summed E-state index contributed by atoms with van der Waals surface area (Å²) in [4.78, 5) is 10.7. The van der Waals surface area contributed by atoms with E-state index in [-0.39, 0.29) is 11.6 Å². The van der Waals surface area contributed by atoms with E-state index in [1.54, 1.807) is 18.2 Å². The Morgan fingerprint density at radius 1 is 1.24 bits per heavy atom. The van der Waals surface area contributed by atoms with E-state index >= 15 is 0 Å². The second kappa shape index (κ2) is 4.44. The second-order valence-corrected chi connectivity index (χ2v) is 4.22. The van der Waals surface area contributed by atoms with E-state index in [2.05, 4.69) is 21.3 Å². The summed E-state index contributed by atoms with van der Waals surface area (Å²) in [5, 5.41) is 0. The molecule has 0 amide bonds. The summed E-state index contributed by atoms with van der Waals surface area (Å²) in [6.07, 6.45) is 3.29. The van der Waals surface area contributed by atoms with E-state index in [0.29, 0.717) is 4.31 Å². The molecule has 0 aliphatic carbocycles. The zero-order chi connectivity index (χ0) is 12.3. The number of hydrogen-bond donors (Lipinski definition) is 1. The van der Waals surface area contributed by atoms with Crippen LogP contribution in [-0.2, 0) is 10.3 Å². The van der Waals surface area contributed by atoms with Crippen LogP contribution in [0, 0.1) is 6.33 Å². The monoisotopic (exact) mass is 251 g/mol. The molecular weight excluding hydrogens is 244 g/mol. The minimum absolute atomic E-state index is 0.217. The molecule has 1 aromatic carbocycles. The number of anilines is 2. The highest BCUT2D eigenvalue weighted by Gasteiger charge is 2.24. The first-order valence-corrected chi connectivity index (χ1v) is 5.86. The highest BCUT2D eigenvalue weighted by atomic mass is 32.2. The summed E-state index contributed by atoms with van der Waals surface area (Å²) in [7, 11) is -4.51. The maximum atomic E-state index is 11.3. The summed E-state index contributed by atoms with van der Waals surface area (Å²) < 4.78 is 32.4. The van der Waals surface area contributed by atoms with Gasteiger partial charge in [0.05, 0.1) is 5.69 Å². The van der Waals surface area contributed by atoms with Crippen LogP contribution in [0.25, 0.3) is 0 Å². The molecule has 0 atom stereocenters. The lowest BCUT2D eigenvalue weighted by atomic mass is 10.3. The van der Waals surface area contributed by atoms with Crippen molar-refractivity contribution in [3.05, 3.63) is 43.0 Å². The maximum absolute atomic E-state index is 11.3. The van der Waals surface area contributed by atoms with Gasteiger partial charge >= 0.3 is 10.3 Å². The number of hydrogen-bond acceptors (Lipinski definition) is 5. The highest BCUT2D eigenvalue weighted by Crippen LogP contribution is 2.23. The molecule has 7 nitrogen and oxygen atoms in total. The standard InChI is InChI=1S/C9H7N4O3S/c14-17(15,16)13(8-4-2-1-3-5-8)9-11-6-10-7-12-9/h1-6H,(H,14,15,16). The molecule has 0 unspecified atom stereocenters. The normalized spacial score (nSPS) is 11.1. The van der Waals surface area contributed by atoms with E-state index in [9.17, 15) is 8.42 Å². The number of benzene rings is 1. The van der Waals surface area contributed by atoms with Gasteiger partial charge in [-0.3, -0.25) is 4.55 Å². The third-order valence-electron chi connectivity index (χ3n) is 1.84. The minimum Gasteiger partial charge on any atom is -0.269 e. The first kappa shape index (κ1) is 11.4. The average Bonchev–Trinajstić information content (AvgIpc) is 2.30. The fraction of sp³-hybridized carbons (Fsp3) is 0. The molecule has 0 fully saturated rings.